The number of hydrogen-bond donors (Lipinski definition) is 1. The van der Waals surface area contributed by atoms with Crippen molar-refractivity contribution >= 4 is 17.7 Å². The van der Waals surface area contributed by atoms with Crippen LogP contribution in [-0.4, -0.2) is 65.9 Å². The molecule has 2 amide bonds. The molecule has 4 aliphatic rings. The predicted octanol–water partition coefficient (Wildman–Crippen LogP) is 6.78. The van der Waals surface area contributed by atoms with E-state index in [2.05, 4.69) is 18.2 Å². The molecule has 3 aromatic rings. The molecular formula is C38H44N4O6. The molecule has 1 saturated heterocycles. The summed E-state index contributed by atoms with van der Waals surface area (Å²) in [5.41, 5.74) is 4.33. The Kier molecular flexibility index (Phi) is 9.40. The first-order valence-corrected chi connectivity index (χ1v) is 17.5. The van der Waals surface area contributed by atoms with Crippen LogP contribution < -0.4 is 9.64 Å². The molecule has 0 atom stereocenters. The van der Waals surface area contributed by atoms with E-state index < -0.39 is 6.10 Å². The van der Waals surface area contributed by atoms with Crippen molar-refractivity contribution in [2.45, 2.75) is 88.3 Å². The molecule has 10 nitrogen and oxygen atoms in total. The lowest BCUT2D eigenvalue weighted by molar-refractivity contribution is -0.124. The Bertz CT molecular complexity index is 1660. The van der Waals surface area contributed by atoms with Gasteiger partial charge >= 0.3 is 6.09 Å². The van der Waals surface area contributed by atoms with Crippen molar-refractivity contribution in [3.05, 3.63) is 65.7 Å². The number of aliphatic hydroxyl groups excluding tert-OH is 1. The van der Waals surface area contributed by atoms with Crippen molar-refractivity contribution in [2.24, 2.45) is 11.8 Å². The van der Waals surface area contributed by atoms with Gasteiger partial charge in [-0.25, -0.2) is 9.78 Å². The third-order valence-corrected chi connectivity index (χ3v) is 10.7. The molecule has 1 aliphatic heterocycles. The highest BCUT2D eigenvalue weighted by molar-refractivity contribution is 5.95. The van der Waals surface area contributed by atoms with Gasteiger partial charge in [0.05, 0.1) is 31.9 Å². The fourth-order valence-electron chi connectivity index (χ4n) is 7.57. The second-order valence-electron chi connectivity index (χ2n) is 14.0. The van der Waals surface area contributed by atoms with Gasteiger partial charge in [-0.05, 0) is 106 Å². The Hall–Kier alpha value is -4.36. The Morgan fingerprint density at radius 3 is 2.44 bits per heavy atom. The number of carbonyl (C=O) groups is 2. The first kappa shape index (κ1) is 32.2. The average molecular weight is 653 g/mol. The molecule has 252 valence electrons. The Morgan fingerprint density at radius 2 is 1.75 bits per heavy atom. The molecule has 0 radical (unpaired) electrons. The Balaban J connectivity index is 1.04. The summed E-state index contributed by atoms with van der Waals surface area (Å²) in [7, 11) is 1.59. The normalized spacial score (nSPS) is 24.3. The molecule has 1 aromatic heterocycles. The second kappa shape index (κ2) is 14.0. The molecule has 10 heteroatoms. The van der Waals surface area contributed by atoms with Crippen molar-refractivity contribution in [2.75, 3.05) is 31.6 Å². The van der Waals surface area contributed by atoms with Crippen LogP contribution in [0, 0.1) is 23.2 Å². The summed E-state index contributed by atoms with van der Waals surface area (Å²) in [6, 6.07) is 16.3. The third-order valence-electron chi connectivity index (χ3n) is 10.7. The lowest BCUT2D eigenvalue weighted by Crippen LogP contribution is -2.54. The number of rotatable bonds is 9. The zero-order valence-corrected chi connectivity index (χ0v) is 27.6. The summed E-state index contributed by atoms with van der Waals surface area (Å²) in [6.07, 6.45) is 9.50. The number of aromatic nitrogens is 1. The molecular weight excluding hydrogens is 608 g/mol. The lowest BCUT2D eigenvalue weighted by Gasteiger charge is -2.38. The number of benzene rings is 2. The van der Waals surface area contributed by atoms with Gasteiger partial charge in [0.1, 0.15) is 29.9 Å². The second-order valence-corrected chi connectivity index (χ2v) is 14.0. The number of oxazole rings is 1. The number of nitriles is 1. The highest BCUT2D eigenvalue weighted by Crippen LogP contribution is 2.41. The summed E-state index contributed by atoms with van der Waals surface area (Å²) in [5.74, 6) is 2.51. The van der Waals surface area contributed by atoms with Crippen LogP contribution in [-0.2, 0) is 9.53 Å². The molecule has 2 aromatic carbocycles. The van der Waals surface area contributed by atoms with Crippen LogP contribution in [0.2, 0.25) is 0 Å². The number of hydrogen-bond acceptors (Lipinski definition) is 8. The van der Waals surface area contributed by atoms with E-state index in [0.29, 0.717) is 74.4 Å². The lowest BCUT2D eigenvalue weighted by atomic mass is 9.78. The van der Waals surface area contributed by atoms with Crippen LogP contribution in [0.4, 0.5) is 10.5 Å². The highest BCUT2D eigenvalue weighted by Gasteiger charge is 2.36. The molecule has 7 rings (SSSR count). The fraction of sp³-hybridized carbons (Fsp3) is 0.526. The van der Waals surface area contributed by atoms with Gasteiger partial charge in [0, 0.05) is 29.6 Å². The van der Waals surface area contributed by atoms with Gasteiger partial charge in [-0.2, -0.15) is 5.26 Å². The number of amides is 2. The highest BCUT2D eigenvalue weighted by atomic mass is 16.6. The topological polar surface area (TPSA) is 129 Å². The predicted molar refractivity (Wildman–Crippen MR) is 178 cm³/mol. The van der Waals surface area contributed by atoms with E-state index in [-0.39, 0.29) is 24.0 Å². The number of ether oxygens (including phenoxy) is 2. The van der Waals surface area contributed by atoms with Crippen LogP contribution in [0.1, 0.15) is 93.1 Å². The van der Waals surface area contributed by atoms with E-state index in [1.807, 2.05) is 35.2 Å². The minimum Gasteiger partial charge on any atom is -0.495 e. The van der Waals surface area contributed by atoms with E-state index in [9.17, 15) is 20.0 Å². The number of methoxy groups -OCH3 is 1. The van der Waals surface area contributed by atoms with Crippen LogP contribution in [0.25, 0.3) is 11.3 Å². The molecule has 1 N–H and O–H groups in total. The van der Waals surface area contributed by atoms with Gasteiger partial charge in [0.25, 0.3) is 0 Å². The smallest absolute Gasteiger partial charge is 0.410 e. The zero-order chi connectivity index (χ0) is 33.2. The number of β-amino-alcohol motifs (C(OH)–C–C–N with tert-alkyl or cyclic N) is 1. The van der Waals surface area contributed by atoms with Crippen molar-refractivity contribution in [1.82, 2.24) is 9.88 Å². The largest absolute Gasteiger partial charge is 0.495 e. The van der Waals surface area contributed by atoms with E-state index in [0.717, 1.165) is 61.4 Å². The first-order chi connectivity index (χ1) is 23.4. The van der Waals surface area contributed by atoms with Gasteiger partial charge < -0.3 is 28.8 Å². The van der Waals surface area contributed by atoms with Gasteiger partial charge in [-0.1, -0.05) is 18.2 Å². The van der Waals surface area contributed by atoms with Gasteiger partial charge in [-0.3, -0.25) is 4.79 Å². The van der Waals surface area contributed by atoms with Crippen LogP contribution in [0.15, 0.2) is 53.1 Å². The maximum atomic E-state index is 14.4. The number of aliphatic hydroxyl groups is 1. The number of nitrogens with zero attached hydrogens (tertiary/aromatic N) is 4. The van der Waals surface area contributed by atoms with Crippen molar-refractivity contribution < 1.29 is 28.6 Å². The fourth-order valence-corrected chi connectivity index (χ4v) is 7.57. The minimum absolute atomic E-state index is 0.123. The summed E-state index contributed by atoms with van der Waals surface area (Å²) < 4.78 is 16.8. The molecule has 0 spiro atoms. The minimum atomic E-state index is -0.464. The SMILES string of the molecule is COc1ccc(C2CCC(CN(C(=O)C3CCC(OC(=O)N4CC(O)C4)CC3)c3cccc(-c4coc(C5CC5)n4)c3)CC2)cc1C#N. The van der Waals surface area contributed by atoms with Crippen LogP contribution in [0.3, 0.4) is 0 Å². The monoisotopic (exact) mass is 652 g/mol. The molecule has 48 heavy (non-hydrogen) atoms. The van der Waals surface area contributed by atoms with Gasteiger partial charge in [0.2, 0.25) is 5.91 Å². The van der Waals surface area contributed by atoms with Gasteiger partial charge in [0.15, 0.2) is 5.89 Å². The Morgan fingerprint density at radius 1 is 1.00 bits per heavy atom. The quantitative estimate of drug-likeness (QED) is 0.268. The van der Waals surface area contributed by atoms with Crippen LogP contribution >= 0.6 is 0 Å². The molecule has 0 unspecified atom stereocenters. The van der Waals surface area contributed by atoms with E-state index in [4.69, 9.17) is 18.9 Å². The van der Waals surface area contributed by atoms with Crippen molar-refractivity contribution in [1.29, 1.82) is 5.26 Å². The van der Waals surface area contributed by atoms with Gasteiger partial charge in [-0.15, -0.1) is 0 Å². The number of anilines is 1. The third kappa shape index (κ3) is 7.07. The maximum absolute atomic E-state index is 14.4. The summed E-state index contributed by atoms with van der Waals surface area (Å²) in [6.45, 7) is 1.28. The molecule has 2 heterocycles. The first-order valence-electron chi connectivity index (χ1n) is 17.5. The number of likely N-dealkylation sites (tertiary alicyclic amines) is 1. The average Bonchev–Trinajstić information content (AvgIpc) is 3.84. The molecule has 4 fully saturated rings. The maximum Gasteiger partial charge on any atom is 0.410 e. The number of carbonyl (C=O) groups excluding carboxylic acids is 2. The van der Waals surface area contributed by atoms with E-state index in [1.54, 1.807) is 13.4 Å². The summed E-state index contributed by atoms with van der Waals surface area (Å²) in [4.78, 5) is 35.1. The molecule has 3 aliphatic carbocycles. The molecule has 0 bridgehead atoms. The summed E-state index contributed by atoms with van der Waals surface area (Å²) >= 11 is 0. The van der Waals surface area contributed by atoms with Crippen molar-refractivity contribution in [3.8, 4) is 23.1 Å². The summed E-state index contributed by atoms with van der Waals surface area (Å²) in [5, 5.41) is 19.1. The van der Waals surface area contributed by atoms with E-state index in [1.165, 1.54) is 10.5 Å². The Labute approximate surface area is 281 Å². The van der Waals surface area contributed by atoms with Crippen molar-refractivity contribution in [3.63, 3.8) is 0 Å². The van der Waals surface area contributed by atoms with Crippen LogP contribution in [0.5, 0.6) is 5.75 Å². The standard InChI is InChI=1S/C38H44N4O6/c1-46-35-16-13-28(17-30(35)19-39)25-7-5-24(6-8-25)20-42(31-4-2-3-29(18-31)34-23-47-36(40-34)26-9-10-26)37(44)27-11-14-33(15-12-27)48-38(45)41-21-32(43)22-41/h2-4,13,16-18,23-27,32-33,43H,5-12,14-15,20-22H2,1H3. The molecule has 3 saturated carbocycles. The zero-order valence-electron chi connectivity index (χ0n) is 27.6. The van der Waals surface area contributed by atoms with E-state index >= 15 is 0 Å².